The van der Waals surface area contributed by atoms with E-state index in [1.165, 1.54) is 12.1 Å². The molecule has 0 saturated carbocycles. The molecule has 0 N–H and O–H groups in total. The standard InChI is InChI=1S/C26H40FN3O3/c1-6-22(17-25-10-7-19(4)29(25)26(32)33-18(2)3)28-15-13-24(14-16-28)30(20(5)31)23-11-8-21(27)9-12-23/h8-9,11-12,18-19,22,24-25H,6-7,10,13-17H2,1-5H3. The molecule has 2 fully saturated rings. The molecule has 33 heavy (non-hydrogen) atoms. The third-order valence-corrected chi connectivity index (χ3v) is 7.17. The average molecular weight is 462 g/mol. The number of benzene rings is 1. The van der Waals surface area contributed by atoms with Crippen molar-refractivity contribution in [2.75, 3.05) is 18.0 Å². The fourth-order valence-electron chi connectivity index (χ4n) is 5.54. The van der Waals surface area contributed by atoms with E-state index in [0.29, 0.717) is 6.04 Å². The van der Waals surface area contributed by atoms with Crippen LogP contribution in [0, 0.1) is 5.82 Å². The molecule has 7 heteroatoms. The van der Waals surface area contributed by atoms with Crippen LogP contribution in [0.5, 0.6) is 0 Å². The maximum atomic E-state index is 13.4. The molecule has 0 bridgehead atoms. The lowest BCUT2D eigenvalue weighted by Crippen LogP contribution is -2.51. The Hall–Kier alpha value is -2.15. The van der Waals surface area contributed by atoms with Crippen LogP contribution in [0.1, 0.15) is 73.1 Å². The molecule has 0 spiro atoms. The van der Waals surface area contributed by atoms with Gasteiger partial charge in [0.2, 0.25) is 5.91 Å². The Labute approximate surface area is 198 Å². The molecule has 2 amide bonds. The minimum absolute atomic E-state index is 0.00801. The topological polar surface area (TPSA) is 53.1 Å². The number of ether oxygens (including phenoxy) is 1. The van der Waals surface area contributed by atoms with Gasteiger partial charge in [-0.2, -0.15) is 0 Å². The number of anilines is 1. The van der Waals surface area contributed by atoms with Gasteiger partial charge in [-0.05, 0) is 83.6 Å². The molecular weight excluding hydrogens is 421 g/mol. The number of halogens is 1. The SMILES string of the molecule is CCC(CC1CCC(C)N1C(=O)OC(C)C)N1CCC(N(C(C)=O)c2ccc(F)cc2)CC1. The third-order valence-electron chi connectivity index (χ3n) is 7.17. The van der Waals surface area contributed by atoms with Gasteiger partial charge in [0.25, 0.3) is 0 Å². The molecule has 6 nitrogen and oxygen atoms in total. The van der Waals surface area contributed by atoms with Gasteiger partial charge in [0, 0.05) is 49.9 Å². The van der Waals surface area contributed by atoms with Gasteiger partial charge in [-0.1, -0.05) is 6.92 Å². The molecule has 3 rings (SSSR count). The predicted octanol–water partition coefficient (Wildman–Crippen LogP) is 5.21. The smallest absolute Gasteiger partial charge is 0.410 e. The van der Waals surface area contributed by atoms with E-state index in [0.717, 1.165) is 57.3 Å². The summed E-state index contributed by atoms with van der Waals surface area (Å²) in [6.45, 7) is 11.5. The first-order valence-corrected chi connectivity index (χ1v) is 12.5. The van der Waals surface area contributed by atoms with Crippen molar-refractivity contribution in [3.63, 3.8) is 0 Å². The summed E-state index contributed by atoms with van der Waals surface area (Å²) >= 11 is 0. The molecule has 2 heterocycles. The first kappa shape index (κ1) is 25.5. The van der Waals surface area contributed by atoms with Gasteiger partial charge in [0.1, 0.15) is 5.82 Å². The zero-order valence-electron chi connectivity index (χ0n) is 20.8. The summed E-state index contributed by atoms with van der Waals surface area (Å²) in [4.78, 5) is 31.4. The quantitative estimate of drug-likeness (QED) is 0.559. The minimum Gasteiger partial charge on any atom is -0.447 e. The van der Waals surface area contributed by atoms with E-state index in [1.54, 1.807) is 19.1 Å². The van der Waals surface area contributed by atoms with Crippen LogP contribution >= 0.6 is 0 Å². The van der Waals surface area contributed by atoms with Crippen LogP contribution in [-0.2, 0) is 9.53 Å². The van der Waals surface area contributed by atoms with Crippen LogP contribution in [-0.4, -0.2) is 65.2 Å². The van der Waals surface area contributed by atoms with Gasteiger partial charge in [0.05, 0.1) is 6.10 Å². The van der Waals surface area contributed by atoms with Crippen molar-refractivity contribution in [3.05, 3.63) is 30.1 Å². The number of hydrogen-bond donors (Lipinski definition) is 0. The highest BCUT2D eigenvalue weighted by atomic mass is 19.1. The highest BCUT2D eigenvalue weighted by Gasteiger charge is 2.38. The lowest BCUT2D eigenvalue weighted by Gasteiger charge is -2.42. The average Bonchev–Trinajstić information content (AvgIpc) is 3.13. The van der Waals surface area contributed by atoms with E-state index in [1.807, 2.05) is 23.6 Å². The molecule has 2 aliphatic rings. The molecule has 184 valence electrons. The van der Waals surface area contributed by atoms with E-state index in [4.69, 9.17) is 4.74 Å². The summed E-state index contributed by atoms with van der Waals surface area (Å²) in [6, 6.07) is 7.12. The number of nitrogens with zero attached hydrogens (tertiary/aromatic N) is 3. The molecule has 0 radical (unpaired) electrons. The van der Waals surface area contributed by atoms with E-state index in [2.05, 4.69) is 18.7 Å². The normalized spacial score (nSPS) is 23.1. The number of amides is 2. The van der Waals surface area contributed by atoms with Crippen molar-refractivity contribution in [1.29, 1.82) is 0 Å². The van der Waals surface area contributed by atoms with Gasteiger partial charge in [-0.3, -0.25) is 4.79 Å². The lowest BCUT2D eigenvalue weighted by molar-refractivity contribution is -0.117. The van der Waals surface area contributed by atoms with Crippen LogP contribution in [0.3, 0.4) is 0 Å². The van der Waals surface area contributed by atoms with Gasteiger partial charge in [0.15, 0.2) is 0 Å². The summed E-state index contributed by atoms with van der Waals surface area (Å²) in [5.74, 6) is -0.304. The third kappa shape index (κ3) is 6.25. The zero-order chi connectivity index (χ0) is 24.1. The van der Waals surface area contributed by atoms with Crippen molar-refractivity contribution in [1.82, 2.24) is 9.80 Å². The maximum Gasteiger partial charge on any atom is 0.410 e. The first-order valence-electron chi connectivity index (χ1n) is 12.5. The fourth-order valence-corrected chi connectivity index (χ4v) is 5.54. The molecule has 3 unspecified atom stereocenters. The van der Waals surface area contributed by atoms with E-state index >= 15 is 0 Å². The Kier molecular flexibility index (Phi) is 8.74. The zero-order valence-corrected chi connectivity index (χ0v) is 20.8. The van der Waals surface area contributed by atoms with E-state index in [9.17, 15) is 14.0 Å². The molecule has 2 saturated heterocycles. The summed E-state index contributed by atoms with van der Waals surface area (Å²) in [5, 5.41) is 0. The first-order chi connectivity index (χ1) is 15.7. The van der Waals surface area contributed by atoms with Gasteiger partial charge in [-0.15, -0.1) is 0 Å². The Morgan fingerprint density at radius 3 is 2.30 bits per heavy atom. The molecule has 1 aromatic rings. The number of piperidine rings is 1. The summed E-state index contributed by atoms with van der Waals surface area (Å²) < 4.78 is 18.9. The van der Waals surface area contributed by atoms with Crippen LogP contribution in [0.4, 0.5) is 14.9 Å². The van der Waals surface area contributed by atoms with Crippen molar-refractivity contribution in [2.24, 2.45) is 0 Å². The Morgan fingerprint density at radius 2 is 1.76 bits per heavy atom. The number of rotatable bonds is 7. The highest BCUT2D eigenvalue weighted by molar-refractivity contribution is 5.92. The second-order valence-corrected chi connectivity index (χ2v) is 9.85. The van der Waals surface area contributed by atoms with E-state index in [-0.39, 0.29) is 42.0 Å². The van der Waals surface area contributed by atoms with Crippen LogP contribution < -0.4 is 4.90 Å². The summed E-state index contributed by atoms with van der Waals surface area (Å²) in [6.07, 6.45) is 5.47. The second-order valence-electron chi connectivity index (χ2n) is 9.85. The van der Waals surface area contributed by atoms with Crippen molar-refractivity contribution < 1.29 is 18.7 Å². The molecule has 3 atom stereocenters. The largest absolute Gasteiger partial charge is 0.447 e. The monoisotopic (exact) mass is 461 g/mol. The van der Waals surface area contributed by atoms with Crippen molar-refractivity contribution in [3.8, 4) is 0 Å². The molecule has 0 aliphatic carbocycles. The highest BCUT2D eigenvalue weighted by Crippen LogP contribution is 2.32. The van der Waals surface area contributed by atoms with Gasteiger partial charge < -0.3 is 19.4 Å². The lowest BCUT2D eigenvalue weighted by atomic mass is 9.96. The van der Waals surface area contributed by atoms with Crippen LogP contribution in [0.25, 0.3) is 0 Å². The number of carbonyl (C=O) groups is 2. The summed E-state index contributed by atoms with van der Waals surface area (Å²) in [7, 11) is 0. The van der Waals surface area contributed by atoms with Crippen LogP contribution in [0.2, 0.25) is 0 Å². The van der Waals surface area contributed by atoms with Gasteiger partial charge >= 0.3 is 6.09 Å². The second kappa shape index (κ2) is 11.3. The summed E-state index contributed by atoms with van der Waals surface area (Å²) in [5.41, 5.74) is 0.758. The van der Waals surface area contributed by atoms with Crippen molar-refractivity contribution in [2.45, 2.75) is 103 Å². The molecular formula is C26H40FN3O3. The molecule has 0 aromatic heterocycles. The van der Waals surface area contributed by atoms with E-state index < -0.39 is 0 Å². The Morgan fingerprint density at radius 1 is 1.12 bits per heavy atom. The number of carbonyl (C=O) groups excluding carboxylic acids is 2. The molecule has 1 aromatic carbocycles. The molecule has 2 aliphatic heterocycles. The van der Waals surface area contributed by atoms with Crippen molar-refractivity contribution >= 4 is 17.7 Å². The Balaban J connectivity index is 1.62. The predicted molar refractivity (Wildman–Crippen MR) is 129 cm³/mol. The fraction of sp³-hybridized carbons (Fsp3) is 0.692. The minimum atomic E-state index is -0.296. The Bertz CT molecular complexity index is 792. The maximum absolute atomic E-state index is 13.4. The number of likely N-dealkylation sites (tertiary alicyclic amines) is 2. The van der Waals surface area contributed by atoms with Crippen LogP contribution in [0.15, 0.2) is 24.3 Å². The van der Waals surface area contributed by atoms with Gasteiger partial charge in [-0.25, -0.2) is 9.18 Å². The number of hydrogen-bond acceptors (Lipinski definition) is 4.